The van der Waals surface area contributed by atoms with E-state index in [-0.39, 0.29) is 12.5 Å². The molecule has 0 aliphatic carbocycles. The lowest BCUT2D eigenvalue weighted by Gasteiger charge is -2.18. The number of hydrogen-bond acceptors (Lipinski definition) is 5. The third-order valence-corrected chi connectivity index (χ3v) is 3.16. The molecule has 0 bridgehead atoms. The molecule has 0 atom stereocenters. The minimum Gasteiger partial charge on any atom is -0.486 e. The molecular weight excluding hydrogens is 286 g/mol. The molecule has 1 aromatic carbocycles. The van der Waals surface area contributed by atoms with Gasteiger partial charge in [0.15, 0.2) is 18.1 Å². The predicted octanol–water partition coefficient (Wildman–Crippen LogP) is 1.78. The topological polar surface area (TPSA) is 73.9 Å². The molecule has 6 nitrogen and oxygen atoms in total. The van der Waals surface area contributed by atoms with Gasteiger partial charge in [-0.2, -0.15) is 0 Å². The van der Waals surface area contributed by atoms with Crippen LogP contribution in [-0.2, 0) is 9.53 Å². The zero-order valence-electron chi connectivity index (χ0n) is 12.9. The van der Waals surface area contributed by atoms with Crippen LogP contribution in [0.2, 0.25) is 0 Å². The van der Waals surface area contributed by atoms with E-state index in [9.17, 15) is 9.59 Å². The first-order valence-electron chi connectivity index (χ1n) is 7.39. The highest BCUT2D eigenvalue weighted by atomic mass is 16.6. The van der Waals surface area contributed by atoms with E-state index < -0.39 is 5.97 Å². The number of rotatable bonds is 6. The van der Waals surface area contributed by atoms with E-state index >= 15 is 0 Å². The van der Waals surface area contributed by atoms with E-state index in [1.165, 1.54) is 0 Å². The summed E-state index contributed by atoms with van der Waals surface area (Å²) < 4.78 is 15.8. The molecule has 120 valence electrons. The Kier molecular flexibility index (Phi) is 5.63. The van der Waals surface area contributed by atoms with Gasteiger partial charge in [0.05, 0.1) is 5.56 Å². The monoisotopic (exact) mass is 307 g/mol. The van der Waals surface area contributed by atoms with Crippen LogP contribution < -0.4 is 14.8 Å². The summed E-state index contributed by atoms with van der Waals surface area (Å²) in [5.74, 6) is 0.777. The van der Waals surface area contributed by atoms with Crippen molar-refractivity contribution in [3.63, 3.8) is 0 Å². The van der Waals surface area contributed by atoms with E-state index in [1.54, 1.807) is 18.2 Å². The quantitative estimate of drug-likeness (QED) is 0.811. The van der Waals surface area contributed by atoms with E-state index in [0.717, 1.165) is 6.42 Å². The molecule has 1 aliphatic rings. The highest BCUT2D eigenvalue weighted by Crippen LogP contribution is 2.30. The lowest BCUT2D eigenvalue weighted by Crippen LogP contribution is -2.30. The Bertz CT molecular complexity index is 541. The van der Waals surface area contributed by atoms with E-state index in [1.807, 2.05) is 0 Å². The van der Waals surface area contributed by atoms with E-state index in [2.05, 4.69) is 19.2 Å². The smallest absolute Gasteiger partial charge is 0.338 e. The van der Waals surface area contributed by atoms with Gasteiger partial charge < -0.3 is 19.5 Å². The Morgan fingerprint density at radius 3 is 2.68 bits per heavy atom. The van der Waals surface area contributed by atoms with Crippen LogP contribution in [0.15, 0.2) is 18.2 Å². The summed E-state index contributed by atoms with van der Waals surface area (Å²) in [6, 6.07) is 4.81. The van der Waals surface area contributed by atoms with Crippen LogP contribution in [0.1, 0.15) is 30.6 Å². The summed E-state index contributed by atoms with van der Waals surface area (Å²) in [4.78, 5) is 23.5. The average molecular weight is 307 g/mol. The fourth-order valence-electron chi connectivity index (χ4n) is 1.94. The molecule has 0 aromatic heterocycles. The summed E-state index contributed by atoms with van der Waals surface area (Å²) in [5, 5.41) is 2.71. The molecule has 1 heterocycles. The van der Waals surface area contributed by atoms with Gasteiger partial charge in [-0.3, -0.25) is 4.79 Å². The first kappa shape index (κ1) is 16.1. The van der Waals surface area contributed by atoms with E-state index in [4.69, 9.17) is 14.2 Å². The maximum absolute atomic E-state index is 11.9. The van der Waals surface area contributed by atoms with Crippen molar-refractivity contribution in [2.45, 2.75) is 20.3 Å². The molecule has 6 heteroatoms. The number of esters is 1. The number of fused-ring (bicyclic) bond motifs is 1. The maximum atomic E-state index is 11.9. The van der Waals surface area contributed by atoms with E-state index in [0.29, 0.717) is 42.7 Å². The van der Waals surface area contributed by atoms with Crippen molar-refractivity contribution >= 4 is 11.9 Å². The number of carbonyl (C=O) groups is 2. The minimum absolute atomic E-state index is 0.286. The Hall–Kier alpha value is -2.24. The Balaban J connectivity index is 1.81. The van der Waals surface area contributed by atoms with Crippen LogP contribution in [-0.4, -0.2) is 38.2 Å². The van der Waals surface area contributed by atoms with Gasteiger partial charge >= 0.3 is 5.97 Å². The Labute approximate surface area is 129 Å². The van der Waals surface area contributed by atoms with Gasteiger partial charge in [-0.15, -0.1) is 0 Å². The predicted molar refractivity (Wildman–Crippen MR) is 80.2 cm³/mol. The third kappa shape index (κ3) is 4.65. The molecule has 2 rings (SSSR count). The van der Waals surface area contributed by atoms with Crippen LogP contribution in [0.25, 0.3) is 0 Å². The van der Waals surface area contributed by atoms with Crippen molar-refractivity contribution in [1.82, 2.24) is 5.32 Å². The Morgan fingerprint density at radius 1 is 1.23 bits per heavy atom. The van der Waals surface area contributed by atoms with Crippen molar-refractivity contribution in [3.8, 4) is 11.5 Å². The fourth-order valence-corrected chi connectivity index (χ4v) is 1.94. The summed E-state index contributed by atoms with van der Waals surface area (Å²) in [6.07, 6.45) is 0.891. The molecule has 1 N–H and O–H groups in total. The number of amides is 1. The number of hydrogen-bond donors (Lipinski definition) is 1. The van der Waals surface area contributed by atoms with Crippen LogP contribution >= 0.6 is 0 Å². The molecule has 0 saturated heterocycles. The molecule has 0 radical (unpaired) electrons. The van der Waals surface area contributed by atoms with Crippen LogP contribution in [0.4, 0.5) is 0 Å². The maximum Gasteiger partial charge on any atom is 0.338 e. The van der Waals surface area contributed by atoms with Crippen LogP contribution in [0, 0.1) is 5.92 Å². The van der Waals surface area contributed by atoms with Gasteiger partial charge in [0.2, 0.25) is 0 Å². The highest BCUT2D eigenvalue weighted by molar-refractivity contribution is 5.92. The summed E-state index contributed by atoms with van der Waals surface area (Å²) >= 11 is 0. The lowest BCUT2D eigenvalue weighted by atomic mass is 10.1. The number of ether oxygens (including phenoxy) is 3. The summed E-state index contributed by atoms with van der Waals surface area (Å²) in [6.45, 7) is 5.39. The van der Waals surface area contributed by atoms with Crippen LogP contribution in [0.5, 0.6) is 11.5 Å². The summed E-state index contributed by atoms with van der Waals surface area (Å²) in [5.41, 5.74) is 0.333. The third-order valence-electron chi connectivity index (χ3n) is 3.16. The van der Waals surface area contributed by atoms with Crippen molar-refractivity contribution in [3.05, 3.63) is 23.8 Å². The summed E-state index contributed by atoms with van der Waals surface area (Å²) in [7, 11) is 0. The molecule has 22 heavy (non-hydrogen) atoms. The number of benzene rings is 1. The molecule has 0 spiro atoms. The Morgan fingerprint density at radius 2 is 1.95 bits per heavy atom. The normalized spacial score (nSPS) is 12.9. The molecule has 1 amide bonds. The first-order chi connectivity index (χ1) is 10.6. The van der Waals surface area contributed by atoms with Gasteiger partial charge in [0.25, 0.3) is 5.91 Å². The first-order valence-corrected chi connectivity index (χ1v) is 7.39. The van der Waals surface area contributed by atoms with Gasteiger partial charge in [-0.05, 0) is 30.5 Å². The molecule has 0 fully saturated rings. The van der Waals surface area contributed by atoms with Crippen molar-refractivity contribution in [1.29, 1.82) is 0 Å². The lowest BCUT2D eigenvalue weighted by molar-refractivity contribution is -0.124. The SMILES string of the molecule is CC(C)CCNC(=O)COC(=O)c1ccc2c(c1)OCCO2. The van der Waals surface area contributed by atoms with Gasteiger partial charge in [-0.25, -0.2) is 4.79 Å². The van der Waals surface area contributed by atoms with Crippen molar-refractivity contribution in [2.75, 3.05) is 26.4 Å². The standard InChI is InChI=1S/C16H21NO5/c1-11(2)5-6-17-15(18)10-22-16(19)12-3-4-13-14(9-12)21-8-7-20-13/h3-4,9,11H,5-8,10H2,1-2H3,(H,17,18). The van der Waals surface area contributed by atoms with Crippen molar-refractivity contribution in [2.24, 2.45) is 5.92 Å². The van der Waals surface area contributed by atoms with Crippen LogP contribution in [0.3, 0.4) is 0 Å². The number of carbonyl (C=O) groups excluding carboxylic acids is 2. The van der Waals surface area contributed by atoms with Gasteiger partial charge in [0, 0.05) is 6.54 Å². The second-order valence-corrected chi connectivity index (χ2v) is 5.47. The molecule has 0 saturated carbocycles. The average Bonchev–Trinajstić information content (AvgIpc) is 2.51. The highest BCUT2D eigenvalue weighted by Gasteiger charge is 2.16. The number of nitrogens with one attached hydrogen (secondary N) is 1. The minimum atomic E-state index is -0.559. The van der Waals surface area contributed by atoms with Gasteiger partial charge in [-0.1, -0.05) is 13.8 Å². The molecular formula is C16H21NO5. The second kappa shape index (κ2) is 7.68. The molecule has 1 aromatic rings. The van der Waals surface area contributed by atoms with Gasteiger partial charge in [0.1, 0.15) is 13.2 Å². The zero-order chi connectivity index (χ0) is 15.9. The molecule has 1 aliphatic heterocycles. The zero-order valence-corrected chi connectivity index (χ0v) is 12.9. The fraction of sp³-hybridized carbons (Fsp3) is 0.500. The second-order valence-electron chi connectivity index (χ2n) is 5.47. The van der Waals surface area contributed by atoms with Crippen molar-refractivity contribution < 1.29 is 23.8 Å². The largest absolute Gasteiger partial charge is 0.486 e. The molecule has 0 unspecified atom stereocenters.